The minimum absolute atomic E-state index is 0.000273. The van der Waals surface area contributed by atoms with Gasteiger partial charge in [-0.05, 0) is 63.1 Å². The van der Waals surface area contributed by atoms with Gasteiger partial charge >= 0.3 is 5.97 Å². The van der Waals surface area contributed by atoms with Gasteiger partial charge in [0.15, 0.2) is 0 Å². The second kappa shape index (κ2) is 7.59. The van der Waals surface area contributed by atoms with Crippen LogP contribution in [0.2, 0.25) is 0 Å². The molecular formula is C22H32O4. The number of hydrogen-bond acceptors (Lipinski definition) is 3. The maximum atomic E-state index is 11.1. The van der Waals surface area contributed by atoms with Crippen molar-refractivity contribution in [3.05, 3.63) is 29.3 Å². The third-order valence-electron chi connectivity index (χ3n) is 5.95. The molecule has 0 aliphatic carbocycles. The summed E-state index contributed by atoms with van der Waals surface area (Å²) in [7, 11) is 0. The standard InChI is InChI=1S/C22H32O4/c1-14(2)6-5-11-22(4)18-9-7-15(3)25-21(18)17-12-16(13-20(23)24)8-10-19(17)26-22/h8,10,12,14-15,18,21H,5-7,9,11,13H2,1-4H3,(H,23,24)/t15-,18-,21+,22-/m1/s1. The highest BCUT2D eigenvalue weighted by atomic mass is 16.5. The van der Waals surface area contributed by atoms with Crippen molar-refractivity contribution in [2.24, 2.45) is 11.8 Å². The van der Waals surface area contributed by atoms with Gasteiger partial charge < -0.3 is 14.6 Å². The molecule has 2 aliphatic rings. The molecule has 0 amide bonds. The molecule has 144 valence electrons. The fraction of sp³-hybridized carbons (Fsp3) is 0.682. The van der Waals surface area contributed by atoms with Crippen molar-refractivity contribution < 1.29 is 19.4 Å². The van der Waals surface area contributed by atoms with Gasteiger partial charge in [0.05, 0.1) is 18.6 Å². The molecule has 0 aromatic heterocycles. The van der Waals surface area contributed by atoms with Crippen molar-refractivity contribution >= 4 is 5.97 Å². The van der Waals surface area contributed by atoms with Crippen LogP contribution < -0.4 is 4.74 Å². The lowest BCUT2D eigenvalue weighted by Crippen LogP contribution is -2.50. The summed E-state index contributed by atoms with van der Waals surface area (Å²) >= 11 is 0. The van der Waals surface area contributed by atoms with E-state index in [2.05, 4.69) is 27.7 Å². The molecule has 1 N–H and O–H groups in total. The lowest BCUT2D eigenvalue weighted by molar-refractivity contribution is -0.152. The third-order valence-corrected chi connectivity index (χ3v) is 5.95. The Labute approximate surface area is 156 Å². The number of ether oxygens (including phenoxy) is 2. The van der Waals surface area contributed by atoms with Gasteiger partial charge in [-0.15, -0.1) is 0 Å². The van der Waals surface area contributed by atoms with E-state index in [1.54, 1.807) is 0 Å². The van der Waals surface area contributed by atoms with Crippen LogP contribution in [0.15, 0.2) is 18.2 Å². The lowest BCUT2D eigenvalue weighted by atomic mass is 9.72. The number of carboxylic acid groups (broad SMARTS) is 1. The van der Waals surface area contributed by atoms with E-state index in [4.69, 9.17) is 14.6 Å². The molecule has 26 heavy (non-hydrogen) atoms. The van der Waals surface area contributed by atoms with E-state index in [0.29, 0.717) is 11.8 Å². The molecule has 0 spiro atoms. The zero-order valence-electron chi connectivity index (χ0n) is 16.5. The Morgan fingerprint density at radius 1 is 1.35 bits per heavy atom. The highest BCUT2D eigenvalue weighted by molar-refractivity contribution is 5.70. The molecule has 0 unspecified atom stereocenters. The van der Waals surface area contributed by atoms with E-state index in [1.165, 1.54) is 6.42 Å². The monoisotopic (exact) mass is 360 g/mol. The lowest BCUT2D eigenvalue weighted by Gasteiger charge is -2.50. The summed E-state index contributed by atoms with van der Waals surface area (Å²) < 4.78 is 12.9. The first-order chi connectivity index (χ1) is 12.3. The summed E-state index contributed by atoms with van der Waals surface area (Å²) in [6.45, 7) is 8.89. The smallest absolute Gasteiger partial charge is 0.307 e. The molecule has 1 fully saturated rings. The summed E-state index contributed by atoms with van der Waals surface area (Å²) in [6.07, 6.45) is 5.79. The van der Waals surface area contributed by atoms with Crippen molar-refractivity contribution in [2.45, 2.75) is 84.0 Å². The molecule has 1 saturated heterocycles. The average molecular weight is 360 g/mol. The van der Waals surface area contributed by atoms with Gasteiger partial charge in [-0.1, -0.05) is 26.3 Å². The second-order valence-electron chi connectivity index (χ2n) is 8.69. The van der Waals surface area contributed by atoms with Crippen molar-refractivity contribution in [2.75, 3.05) is 0 Å². The number of fused-ring (bicyclic) bond motifs is 3. The molecule has 0 radical (unpaired) electrons. The molecule has 1 aromatic rings. The molecular weight excluding hydrogens is 328 g/mol. The predicted molar refractivity (Wildman–Crippen MR) is 102 cm³/mol. The summed E-state index contributed by atoms with van der Waals surface area (Å²) in [6, 6.07) is 5.79. The van der Waals surface area contributed by atoms with Crippen LogP contribution in [0.25, 0.3) is 0 Å². The van der Waals surface area contributed by atoms with E-state index in [-0.39, 0.29) is 24.2 Å². The van der Waals surface area contributed by atoms with Crippen LogP contribution >= 0.6 is 0 Å². The van der Waals surface area contributed by atoms with Crippen LogP contribution in [0, 0.1) is 11.8 Å². The summed E-state index contributed by atoms with van der Waals surface area (Å²) in [4.78, 5) is 11.1. The molecule has 2 heterocycles. The van der Waals surface area contributed by atoms with Crippen LogP contribution in [-0.2, 0) is 16.0 Å². The van der Waals surface area contributed by atoms with Crippen molar-refractivity contribution in [1.82, 2.24) is 0 Å². The Morgan fingerprint density at radius 2 is 2.12 bits per heavy atom. The number of carboxylic acids is 1. The van der Waals surface area contributed by atoms with Gasteiger partial charge in [0.1, 0.15) is 11.4 Å². The molecule has 4 atom stereocenters. The molecule has 4 nitrogen and oxygen atoms in total. The van der Waals surface area contributed by atoms with Crippen LogP contribution in [0.4, 0.5) is 0 Å². The van der Waals surface area contributed by atoms with Crippen molar-refractivity contribution in [1.29, 1.82) is 0 Å². The number of hydrogen-bond donors (Lipinski definition) is 1. The fourth-order valence-corrected chi connectivity index (χ4v) is 4.52. The molecule has 2 aliphatic heterocycles. The van der Waals surface area contributed by atoms with Crippen molar-refractivity contribution in [3.8, 4) is 5.75 Å². The fourth-order valence-electron chi connectivity index (χ4n) is 4.52. The molecule has 3 rings (SSSR count). The van der Waals surface area contributed by atoms with Gasteiger partial charge in [0.25, 0.3) is 0 Å². The van der Waals surface area contributed by atoms with Crippen LogP contribution in [0.1, 0.15) is 77.0 Å². The van der Waals surface area contributed by atoms with E-state index in [0.717, 1.165) is 42.6 Å². The van der Waals surface area contributed by atoms with Crippen molar-refractivity contribution in [3.63, 3.8) is 0 Å². The minimum atomic E-state index is -0.810. The van der Waals surface area contributed by atoms with E-state index >= 15 is 0 Å². The van der Waals surface area contributed by atoms with E-state index in [1.807, 2.05) is 18.2 Å². The summed E-state index contributed by atoms with van der Waals surface area (Å²) in [5, 5.41) is 9.11. The first-order valence-corrected chi connectivity index (χ1v) is 9.97. The zero-order chi connectivity index (χ0) is 18.9. The molecule has 4 heteroatoms. The largest absolute Gasteiger partial charge is 0.487 e. The van der Waals surface area contributed by atoms with E-state index < -0.39 is 5.97 Å². The normalized spacial score (nSPS) is 30.4. The quantitative estimate of drug-likeness (QED) is 0.762. The Balaban J connectivity index is 1.90. The maximum absolute atomic E-state index is 11.1. The number of benzene rings is 1. The maximum Gasteiger partial charge on any atom is 0.307 e. The first-order valence-electron chi connectivity index (χ1n) is 9.97. The summed E-state index contributed by atoms with van der Waals surface area (Å²) in [5.41, 5.74) is 1.62. The summed E-state index contributed by atoms with van der Waals surface area (Å²) in [5.74, 6) is 1.07. The highest BCUT2D eigenvalue weighted by Crippen LogP contribution is 2.52. The average Bonchev–Trinajstić information content (AvgIpc) is 2.54. The predicted octanol–water partition coefficient (Wildman–Crippen LogP) is 5.15. The topological polar surface area (TPSA) is 55.8 Å². The SMILES string of the molecule is CC(C)CCC[C@@]1(C)Oc2ccc(CC(=O)O)cc2[C@@H]2O[C@H](C)CC[C@H]21. The van der Waals surface area contributed by atoms with Gasteiger partial charge in [-0.2, -0.15) is 0 Å². The Morgan fingerprint density at radius 3 is 2.81 bits per heavy atom. The van der Waals surface area contributed by atoms with Crippen LogP contribution in [0.3, 0.4) is 0 Å². The second-order valence-corrected chi connectivity index (χ2v) is 8.69. The van der Waals surface area contributed by atoms with E-state index in [9.17, 15) is 4.79 Å². The zero-order valence-corrected chi connectivity index (χ0v) is 16.5. The van der Waals surface area contributed by atoms with Crippen LogP contribution in [0.5, 0.6) is 5.75 Å². The Kier molecular flexibility index (Phi) is 5.61. The number of rotatable bonds is 6. The first kappa shape index (κ1) is 19.2. The number of aliphatic carboxylic acids is 1. The van der Waals surface area contributed by atoms with Crippen LogP contribution in [-0.4, -0.2) is 22.8 Å². The Bertz CT molecular complexity index is 654. The molecule has 1 aromatic carbocycles. The van der Waals surface area contributed by atoms with Gasteiger partial charge in [-0.25, -0.2) is 0 Å². The molecule has 0 bridgehead atoms. The number of carbonyl (C=O) groups is 1. The highest BCUT2D eigenvalue weighted by Gasteiger charge is 2.49. The molecule has 0 saturated carbocycles. The Hall–Kier alpha value is -1.55. The van der Waals surface area contributed by atoms with Gasteiger partial charge in [0.2, 0.25) is 0 Å². The minimum Gasteiger partial charge on any atom is -0.487 e. The van der Waals surface area contributed by atoms with Gasteiger partial charge in [0, 0.05) is 11.5 Å². The third kappa shape index (κ3) is 4.06. The van der Waals surface area contributed by atoms with Gasteiger partial charge in [-0.3, -0.25) is 4.79 Å².